The largest absolute Gasteiger partial charge is 0.455 e. The summed E-state index contributed by atoms with van der Waals surface area (Å²) in [5.74, 6) is -0.601. The maximum Gasteiger partial charge on any atom is 0.310 e. The van der Waals surface area contributed by atoms with Gasteiger partial charge in [-0.05, 0) is 30.4 Å². The first kappa shape index (κ1) is 18.7. The van der Waals surface area contributed by atoms with Crippen LogP contribution < -0.4 is 5.32 Å². The van der Waals surface area contributed by atoms with Gasteiger partial charge in [-0.15, -0.1) is 0 Å². The van der Waals surface area contributed by atoms with Crippen molar-refractivity contribution in [3.05, 3.63) is 34.6 Å². The molecule has 1 saturated carbocycles. The van der Waals surface area contributed by atoms with Gasteiger partial charge in [0, 0.05) is 16.6 Å². The van der Waals surface area contributed by atoms with Gasteiger partial charge in [-0.1, -0.05) is 44.4 Å². The Hall–Kier alpha value is -1.62. The van der Waals surface area contributed by atoms with Crippen molar-refractivity contribution in [1.29, 1.82) is 0 Å². The predicted octanol–water partition coefficient (Wildman–Crippen LogP) is 3.51. The fourth-order valence-corrected chi connectivity index (χ4v) is 3.31. The van der Waals surface area contributed by atoms with E-state index < -0.39 is 11.8 Å². The summed E-state index contributed by atoms with van der Waals surface area (Å²) in [4.78, 5) is 23.8. The fraction of sp³-hybridized carbons (Fsp3) is 0.556. The smallest absolute Gasteiger partial charge is 0.310 e. The molecule has 0 spiro atoms. The van der Waals surface area contributed by atoms with Gasteiger partial charge in [0.25, 0.3) is 5.91 Å². The fourth-order valence-electron chi connectivity index (χ4n) is 3.08. The number of hydrogen-bond acceptors (Lipinski definition) is 3. The Morgan fingerprint density at radius 2 is 2.08 bits per heavy atom. The highest BCUT2D eigenvalue weighted by Gasteiger charge is 2.28. The minimum atomic E-state index is -0.679. The van der Waals surface area contributed by atoms with Crippen LogP contribution >= 0.6 is 11.6 Å². The molecule has 4 nitrogen and oxygen atoms in total. The molecule has 0 heterocycles. The molecule has 1 aromatic rings. The monoisotopic (exact) mass is 355 g/mol. The molecule has 6 heteroatoms. The maximum atomic E-state index is 13.6. The second-order valence-electron chi connectivity index (χ2n) is 6.48. The molecule has 0 saturated heterocycles. The summed E-state index contributed by atoms with van der Waals surface area (Å²) in [5, 5.41) is 3.09. The molecule has 1 aromatic carbocycles. The summed E-state index contributed by atoms with van der Waals surface area (Å²) in [6, 6.07) is 4.31. The summed E-state index contributed by atoms with van der Waals surface area (Å²) in [6.07, 6.45) is 2.90. The second-order valence-corrected chi connectivity index (χ2v) is 6.89. The lowest BCUT2D eigenvalue weighted by molar-refractivity contribution is -0.148. The molecule has 1 amide bonds. The van der Waals surface area contributed by atoms with Crippen LogP contribution in [0, 0.1) is 17.7 Å². The molecule has 0 unspecified atom stereocenters. The van der Waals surface area contributed by atoms with E-state index in [4.69, 9.17) is 16.3 Å². The van der Waals surface area contributed by atoms with Crippen LogP contribution in [0.2, 0.25) is 5.02 Å². The highest BCUT2D eigenvalue weighted by molar-refractivity contribution is 6.31. The van der Waals surface area contributed by atoms with Crippen LogP contribution in [0.4, 0.5) is 4.39 Å². The Morgan fingerprint density at radius 1 is 1.33 bits per heavy atom. The molecule has 3 atom stereocenters. The first-order valence-electron chi connectivity index (χ1n) is 8.26. The van der Waals surface area contributed by atoms with Gasteiger partial charge in [0.1, 0.15) is 5.82 Å². The molecule has 1 fully saturated rings. The number of amides is 1. The molecule has 0 bridgehead atoms. The molecule has 1 aliphatic carbocycles. The van der Waals surface area contributed by atoms with E-state index in [1.165, 1.54) is 24.6 Å². The van der Waals surface area contributed by atoms with Gasteiger partial charge in [-0.3, -0.25) is 9.59 Å². The van der Waals surface area contributed by atoms with E-state index in [-0.39, 0.29) is 35.6 Å². The van der Waals surface area contributed by atoms with Crippen LogP contribution in [-0.4, -0.2) is 24.5 Å². The molecule has 1 aliphatic rings. The van der Waals surface area contributed by atoms with Crippen LogP contribution in [0.5, 0.6) is 0 Å². The summed E-state index contributed by atoms with van der Waals surface area (Å²) in [7, 11) is 0. The number of carbonyl (C=O) groups excluding carboxylic acids is 2. The third-order valence-electron chi connectivity index (χ3n) is 4.80. The number of carbonyl (C=O) groups is 2. The van der Waals surface area contributed by atoms with Gasteiger partial charge in [0.15, 0.2) is 6.61 Å². The molecule has 2 rings (SSSR count). The van der Waals surface area contributed by atoms with Crippen LogP contribution in [0.1, 0.15) is 38.7 Å². The molecule has 1 N–H and O–H groups in total. The number of hydrogen-bond donors (Lipinski definition) is 1. The third-order valence-corrected chi connectivity index (χ3v) is 5.15. The minimum Gasteiger partial charge on any atom is -0.455 e. The van der Waals surface area contributed by atoms with Crippen molar-refractivity contribution in [1.82, 2.24) is 5.32 Å². The maximum absolute atomic E-state index is 13.6. The summed E-state index contributed by atoms with van der Waals surface area (Å²) in [5.41, 5.74) is 0.0827. The van der Waals surface area contributed by atoms with Gasteiger partial charge in [0.2, 0.25) is 0 Å². The average Bonchev–Trinajstić information content (AvgIpc) is 2.53. The normalized spacial score (nSPS) is 23.6. The number of esters is 1. The zero-order valence-corrected chi connectivity index (χ0v) is 14.7. The zero-order chi connectivity index (χ0) is 17.7. The van der Waals surface area contributed by atoms with Crippen LogP contribution in [-0.2, 0) is 20.7 Å². The van der Waals surface area contributed by atoms with Crippen molar-refractivity contribution in [2.75, 3.05) is 6.61 Å². The summed E-state index contributed by atoms with van der Waals surface area (Å²) >= 11 is 5.87. The Bertz CT molecular complexity index is 588. The van der Waals surface area contributed by atoms with E-state index in [0.29, 0.717) is 11.8 Å². The number of ether oxygens (including phenoxy) is 1. The minimum absolute atomic E-state index is 0.0827. The highest BCUT2D eigenvalue weighted by Crippen LogP contribution is 2.29. The number of halogens is 2. The van der Waals surface area contributed by atoms with Crippen molar-refractivity contribution in [3.63, 3.8) is 0 Å². The van der Waals surface area contributed by atoms with Gasteiger partial charge < -0.3 is 10.1 Å². The molecular weight excluding hydrogens is 333 g/mol. The van der Waals surface area contributed by atoms with Gasteiger partial charge >= 0.3 is 5.97 Å². The van der Waals surface area contributed by atoms with E-state index in [1.807, 2.05) is 0 Å². The van der Waals surface area contributed by atoms with Gasteiger partial charge in [-0.2, -0.15) is 0 Å². The molecule has 132 valence electrons. The lowest BCUT2D eigenvalue weighted by Crippen LogP contribution is -2.45. The molecule has 0 radical (unpaired) electrons. The Labute approximate surface area is 146 Å². The van der Waals surface area contributed by atoms with Crippen molar-refractivity contribution in [2.24, 2.45) is 11.8 Å². The van der Waals surface area contributed by atoms with E-state index in [2.05, 4.69) is 19.2 Å². The van der Waals surface area contributed by atoms with E-state index in [1.54, 1.807) is 0 Å². The number of benzene rings is 1. The standard InChI is InChI=1S/C18H23ClFNO3/c1-11-5-3-8-16(12(11)2)21-17(22)10-24-18(23)9-13-14(19)6-4-7-15(13)20/h4,6-7,11-12,16H,3,5,8-10H2,1-2H3,(H,21,22)/t11-,12-,16+/m1/s1. The SMILES string of the molecule is C[C@@H]1[C@H](C)CCC[C@@H]1NC(=O)COC(=O)Cc1c(F)cccc1Cl. The average molecular weight is 356 g/mol. The van der Waals surface area contributed by atoms with Crippen molar-refractivity contribution in [3.8, 4) is 0 Å². The van der Waals surface area contributed by atoms with Crippen LogP contribution in [0.3, 0.4) is 0 Å². The van der Waals surface area contributed by atoms with Crippen molar-refractivity contribution in [2.45, 2.75) is 45.6 Å². The first-order valence-corrected chi connectivity index (χ1v) is 8.64. The van der Waals surface area contributed by atoms with E-state index >= 15 is 0 Å². The van der Waals surface area contributed by atoms with E-state index in [9.17, 15) is 14.0 Å². The van der Waals surface area contributed by atoms with Gasteiger partial charge in [0.05, 0.1) is 6.42 Å². The van der Waals surface area contributed by atoms with E-state index in [0.717, 1.165) is 12.8 Å². The molecule has 0 aliphatic heterocycles. The predicted molar refractivity (Wildman–Crippen MR) is 90.2 cm³/mol. The van der Waals surface area contributed by atoms with Crippen LogP contribution in [0.15, 0.2) is 18.2 Å². The van der Waals surface area contributed by atoms with Crippen LogP contribution in [0.25, 0.3) is 0 Å². The number of rotatable bonds is 5. The Kier molecular flexibility index (Phi) is 6.60. The van der Waals surface area contributed by atoms with Crippen molar-refractivity contribution < 1.29 is 18.7 Å². The number of nitrogens with one attached hydrogen (secondary N) is 1. The topological polar surface area (TPSA) is 55.4 Å². The lowest BCUT2D eigenvalue weighted by Gasteiger charge is -2.34. The summed E-state index contributed by atoms with van der Waals surface area (Å²) in [6.45, 7) is 3.95. The first-order chi connectivity index (χ1) is 11.4. The molecular formula is C18H23ClFNO3. The third kappa shape index (κ3) is 4.94. The quantitative estimate of drug-likeness (QED) is 0.822. The van der Waals surface area contributed by atoms with Gasteiger partial charge in [-0.25, -0.2) is 4.39 Å². The molecule has 0 aromatic heterocycles. The summed E-state index contributed by atoms with van der Waals surface area (Å²) < 4.78 is 18.6. The second kappa shape index (κ2) is 8.47. The Balaban J connectivity index is 1.80. The highest BCUT2D eigenvalue weighted by atomic mass is 35.5. The zero-order valence-electron chi connectivity index (χ0n) is 14.0. The molecule has 24 heavy (non-hydrogen) atoms. The Morgan fingerprint density at radius 3 is 2.79 bits per heavy atom. The van der Waals surface area contributed by atoms with Crippen molar-refractivity contribution >= 4 is 23.5 Å². The lowest BCUT2D eigenvalue weighted by atomic mass is 9.78.